The number of carbonyl (C=O) groups is 4. The second kappa shape index (κ2) is 9.87. The molecule has 0 atom stereocenters. The first-order valence-electron chi connectivity index (χ1n) is 10.1. The number of ketones is 1. The molecule has 0 unspecified atom stereocenters. The molecule has 1 aliphatic heterocycles. The van der Waals surface area contributed by atoms with E-state index in [1.807, 2.05) is 4.90 Å². The van der Waals surface area contributed by atoms with Crippen LogP contribution in [0.3, 0.4) is 0 Å². The highest BCUT2D eigenvalue weighted by atomic mass is 79.9. The van der Waals surface area contributed by atoms with Gasteiger partial charge in [-0.15, -0.1) is 0 Å². The van der Waals surface area contributed by atoms with Crippen molar-refractivity contribution in [1.82, 2.24) is 4.90 Å². The highest BCUT2D eigenvalue weighted by Gasteiger charge is 2.23. The topological polar surface area (TPSA) is 95.6 Å². The van der Waals surface area contributed by atoms with Crippen LogP contribution in [-0.2, 0) is 9.59 Å². The molecule has 0 aliphatic carbocycles. The van der Waals surface area contributed by atoms with Crippen LogP contribution in [0, 0.1) is 5.92 Å². The SMILES string of the molecule is CC(=O)Nc1ccc(Br)cc1C(=O)C(=O)Nc1cccc(C(=O)N2CCC(C)CC2)c1. The van der Waals surface area contributed by atoms with Gasteiger partial charge >= 0.3 is 0 Å². The maximum atomic E-state index is 12.8. The minimum Gasteiger partial charge on any atom is -0.339 e. The Labute approximate surface area is 189 Å². The first-order valence-corrected chi connectivity index (χ1v) is 10.9. The zero-order chi connectivity index (χ0) is 22.5. The van der Waals surface area contributed by atoms with Crippen LogP contribution in [0.15, 0.2) is 46.9 Å². The number of Topliss-reactive ketones (excluding diaryl/α,β-unsaturated/α-hetero) is 1. The molecule has 1 saturated heterocycles. The van der Waals surface area contributed by atoms with Gasteiger partial charge in [0, 0.05) is 35.7 Å². The fraction of sp³-hybridized carbons (Fsp3) is 0.304. The summed E-state index contributed by atoms with van der Waals surface area (Å²) in [5.41, 5.74) is 1.13. The van der Waals surface area contributed by atoms with E-state index >= 15 is 0 Å². The zero-order valence-corrected chi connectivity index (χ0v) is 19.0. The number of rotatable bonds is 5. The lowest BCUT2D eigenvalue weighted by Crippen LogP contribution is -2.37. The molecule has 31 heavy (non-hydrogen) atoms. The normalized spacial score (nSPS) is 14.1. The van der Waals surface area contributed by atoms with Crippen molar-refractivity contribution >= 4 is 50.8 Å². The number of likely N-dealkylation sites (tertiary alicyclic amines) is 1. The Morgan fingerprint density at radius 3 is 2.39 bits per heavy atom. The summed E-state index contributed by atoms with van der Waals surface area (Å²) in [6.07, 6.45) is 1.94. The largest absolute Gasteiger partial charge is 0.339 e. The number of halogens is 1. The number of nitrogens with one attached hydrogen (secondary N) is 2. The van der Waals surface area contributed by atoms with Gasteiger partial charge in [-0.25, -0.2) is 0 Å². The summed E-state index contributed by atoms with van der Waals surface area (Å²) in [4.78, 5) is 51.3. The molecule has 8 heteroatoms. The Morgan fingerprint density at radius 1 is 1.00 bits per heavy atom. The van der Waals surface area contributed by atoms with Gasteiger partial charge in [0.2, 0.25) is 5.91 Å². The molecule has 2 aromatic carbocycles. The number of amides is 3. The molecule has 3 rings (SSSR count). The van der Waals surface area contributed by atoms with E-state index in [9.17, 15) is 19.2 Å². The number of anilines is 2. The van der Waals surface area contributed by atoms with E-state index in [0.717, 1.165) is 12.8 Å². The predicted molar refractivity (Wildman–Crippen MR) is 122 cm³/mol. The van der Waals surface area contributed by atoms with Crippen molar-refractivity contribution in [3.05, 3.63) is 58.1 Å². The summed E-state index contributed by atoms with van der Waals surface area (Å²) in [5.74, 6) is -1.49. The number of benzene rings is 2. The highest BCUT2D eigenvalue weighted by Crippen LogP contribution is 2.23. The average Bonchev–Trinajstić information content (AvgIpc) is 2.74. The van der Waals surface area contributed by atoms with Crippen LogP contribution in [0.25, 0.3) is 0 Å². The van der Waals surface area contributed by atoms with Crippen molar-refractivity contribution in [1.29, 1.82) is 0 Å². The number of carbonyl (C=O) groups excluding carboxylic acids is 4. The molecule has 0 saturated carbocycles. The molecule has 0 bridgehead atoms. The van der Waals surface area contributed by atoms with Crippen LogP contribution in [-0.4, -0.2) is 41.5 Å². The van der Waals surface area contributed by atoms with Crippen LogP contribution in [0.1, 0.15) is 47.4 Å². The molecular weight excluding hydrogens is 462 g/mol. The van der Waals surface area contributed by atoms with E-state index in [0.29, 0.717) is 34.7 Å². The minimum absolute atomic E-state index is 0.0664. The van der Waals surface area contributed by atoms with Gasteiger partial charge in [0.05, 0.1) is 11.3 Å². The molecule has 162 valence electrons. The van der Waals surface area contributed by atoms with Gasteiger partial charge in [0.1, 0.15) is 0 Å². The second-order valence-corrected chi connectivity index (χ2v) is 8.63. The maximum Gasteiger partial charge on any atom is 0.296 e. The van der Waals surface area contributed by atoms with Gasteiger partial charge in [-0.2, -0.15) is 0 Å². The Balaban J connectivity index is 1.75. The van der Waals surface area contributed by atoms with Crippen LogP contribution < -0.4 is 10.6 Å². The Morgan fingerprint density at radius 2 is 1.71 bits per heavy atom. The molecule has 0 spiro atoms. The quantitative estimate of drug-likeness (QED) is 0.492. The fourth-order valence-corrected chi connectivity index (χ4v) is 3.80. The standard InChI is InChI=1S/C23H24BrN3O4/c1-14-8-10-27(11-9-14)23(31)16-4-3-5-18(12-16)26-22(30)21(29)19-13-17(24)6-7-20(19)25-15(2)28/h3-7,12-14H,8-11H2,1-2H3,(H,25,28)(H,26,30). The van der Waals surface area contributed by atoms with E-state index in [1.165, 1.54) is 13.0 Å². The average molecular weight is 486 g/mol. The van der Waals surface area contributed by atoms with Gasteiger partial charge in [-0.05, 0) is 55.2 Å². The molecule has 3 amide bonds. The number of hydrogen-bond donors (Lipinski definition) is 2. The van der Waals surface area contributed by atoms with Crippen LogP contribution in [0.4, 0.5) is 11.4 Å². The second-order valence-electron chi connectivity index (χ2n) is 7.71. The fourth-order valence-electron chi connectivity index (χ4n) is 3.44. The third kappa shape index (κ3) is 5.79. The number of nitrogens with zero attached hydrogens (tertiary/aromatic N) is 1. The van der Waals surface area contributed by atoms with Gasteiger partial charge in [0.15, 0.2) is 0 Å². The minimum atomic E-state index is -0.860. The van der Waals surface area contributed by atoms with E-state index < -0.39 is 11.7 Å². The van der Waals surface area contributed by atoms with Crippen molar-refractivity contribution in [2.24, 2.45) is 5.92 Å². The molecule has 0 aromatic heterocycles. The molecule has 2 N–H and O–H groups in total. The van der Waals surface area contributed by atoms with Gasteiger partial charge < -0.3 is 15.5 Å². The van der Waals surface area contributed by atoms with E-state index in [-0.39, 0.29) is 23.1 Å². The van der Waals surface area contributed by atoms with Gasteiger partial charge in [0.25, 0.3) is 17.6 Å². The summed E-state index contributed by atoms with van der Waals surface area (Å²) < 4.78 is 0.598. The van der Waals surface area contributed by atoms with E-state index in [4.69, 9.17) is 0 Å². The zero-order valence-electron chi connectivity index (χ0n) is 17.4. The summed E-state index contributed by atoms with van der Waals surface area (Å²) in [6.45, 7) is 4.92. The van der Waals surface area contributed by atoms with Crippen LogP contribution in [0.5, 0.6) is 0 Å². The molecule has 1 heterocycles. The highest BCUT2D eigenvalue weighted by molar-refractivity contribution is 9.10. The lowest BCUT2D eigenvalue weighted by Gasteiger charge is -2.30. The monoisotopic (exact) mass is 485 g/mol. The summed E-state index contributed by atoms with van der Waals surface area (Å²) >= 11 is 3.27. The number of hydrogen-bond acceptors (Lipinski definition) is 4. The Hall–Kier alpha value is -3.00. The van der Waals surface area contributed by atoms with Crippen LogP contribution in [0.2, 0.25) is 0 Å². The van der Waals surface area contributed by atoms with Gasteiger partial charge in [-0.3, -0.25) is 19.2 Å². The third-order valence-corrected chi connectivity index (χ3v) is 5.67. The summed E-state index contributed by atoms with van der Waals surface area (Å²) in [6, 6.07) is 11.2. The van der Waals surface area contributed by atoms with E-state index in [1.54, 1.807) is 36.4 Å². The molecule has 0 radical (unpaired) electrons. The molecule has 2 aromatic rings. The Kier molecular flexibility index (Phi) is 7.22. The summed E-state index contributed by atoms with van der Waals surface area (Å²) in [7, 11) is 0. The summed E-state index contributed by atoms with van der Waals surface area (Å²) in [5, 5.41) is 5.11. The molecule has 1 aliphatic rings. The van der Waals surface area contributed by atoms with Gasteiger partial charge in [-0.1, -0.05) is 28.9 Å². The number of piperidine rings is 1. The smallest absolute Gasteiger partial charge is 0.296 e. The third-order valence-electron chi connectivity index (χ3n) is 5.18. The molecule has 7 nitrogen and oxygen atoms in total. The lowest BCUT2D eigenvalue weighted by molar-refractivity contribution is -0.114. The van der Waals surface area contributed by atoms with E-state index in [2.05, 4.69) is 33.5 Å². The maximum absolute atomic E-state index is 12.8. The molecule has 1 fully saturated rings. The first-order chi connectivity index (χ1) is 14.7. The Bertz CT molecular complexity index is 1030. The first kappa shape index (κ1) is 22.7. The van der Waals surface area contributed by atoms with Crippen molar-refractivity contribution < 1.29 is 19.2 Å². The molecular formula is C23H24BrN3O4. The van der Waals surface area contributed by atoms with Crippen molar-refractivity contribution in [3.63, 3.8) is 0 Å². The predicted octanol–water partition coefficient (Wildman–Crippen LogP) is 4.10. The van der Waals surface area contributed by atoms with Crippen molar-refractivity contribution in [3.8, 4) is 0 Å². The van der Waals surface area contributed by atoms with Crippen molar-refractivity contribution in [2.75, 3.05) is 23.7 Å². The van der Waals surface area contributed by atoms with Crippen LogP contribution >= 0.6 is 15.9 Å². The van der Waals surface area contributed by atoms with Crippen molar-refractivity contribution in [2.45, 2.75) is 26.7 Å². The lowest BCUT2D eigenvalue weighted by atomic mass is 9.98.